The van der Waals surface area contributed by atoms with Crippen LogP contribution in [0.3, 0.4) is 0 Å². The van der Waals surface area contributed by atoms with Crippen molar-refractivity contribution in [3.8, 4) is 11.1 Å². The van der Waals surface area contributed by atoms with E-state index in [9.17, 15) is 19.2 Å². The van der Waals surface area contributed by atoms with Crippen molar-refractivity contribution in [2.75, 3.05) is 31.7 Å². The van der Waals surface area contributed by atoms with Crippen molar-refractivity contribution < 1.29 is 38.1 Å². The summed E-state index contributed by atoms with van der Waals surface area (Å²) in [6, 6.07) is 21.9. The van der Waals surface area contributed by atoms with Crippen molar-refractivity contribution in [1.82, 2.24) is 10.6 Å². The number of fused-ring (bicyclic) bond motifs is 3. The van der Waals surface area contributed by atoms with Gasteiger partial charge < -0.3 is 29.6 Å². The maximum absolute atomic E-state index is 13.6. The van der Waals surface area contributed by atoms with E-state index in [2.05, 4.69) is 40.2 Å². The van der Waals surface area contributed by atoms with Crippen molar-refractivity contribution in [2.45, 2.75) is 78.0 Å². The molecule has 50 heavy (non-hydrogen) atoms. The SMILES string of the molecule is CCOC(=O)CCOC[C@H](NC(=O)[C@@H](Cc1ccc(NC(=O)OCC2c3ccccc3-c3ccccc32)cc1)NC(=O)OC(C)(C)C)C(C)C. The number of hydrogen-bond acceptors (Lipinski definition) is 8. The van der Waals surface area contributed by atoms with Crippen molar-refractivity contribution in [2.24, 2.45) is 5.92 Å². The Hall–Kier alpha value is -4.90. The molecule has 4 rings (SSSR count). The molecule has 0 bridgehead atoms. The molecule has 1 aliphatic rings. The van der Waals surface area contributed by atoms with Gasteiger partial charge in [-0.2, -0.15) is 0 Å². The van der Waals surface area contributed by atoms with Crippen LogP contribution in [0.4, 0.5) is 15.3 Å². The van der Waals surface area contributed by atoms with E-state index in [4.69, 9.17) is 18.9 Å². The van der Waals surface area contributed by atoms with Crippen LogP contribution in [-0.2, 0) is 35.0 Å². The van der Waals surface area contributed by atoms with Crippen molar-refractivity contribution in [1.29, 1.82) is 0 Å². The predicted octanol–water partition coefficient (Wildman–Crippen LogP) is 6.59. The van der Waals surface area contributed by atoms with Gasteiger partial charge in [-0.15, -0.1) is 0 Å². The zero-order valence-electron chi connectivity index (χ0n) is 29.7. The number of ether oxygens (including phenoxy) is 4. The lowest BCUT2D eigenvalue weighted by atomic mass is 9.98. The lowest BCUT2D eigenvalue weighted by Gasteiger charge is -2.27. The Labute approximate surface area is 294 Å². The maximum Gasteiger partial charge on any atom is 0.411 e. The number of benzene rings is 3. The summed E-state index contributed by atoms with van der Waals surface area (Å²) in [5, 5.41) is 8.46. The Morgan fingerprint density at radius 1 is 0.800 bits per heavy atom. The summed E-state index contributed by atoms with van der Waals surface area (Å²) in [5.41, 5.74) is 5.07. The summed E-state index contributed by atoms with van der Waals surface area (Å²) in [7, 11) is 0. The van der Waals surface area contributed by atoms with E-state index in [1.807, 2.05) is 38.1 Å². The van der Waals surface area contributed by atoms with Gasteiger partial charge in [0.1, 0.15) is 18.2 Å². The number of amides is 3. The standard InChI is InChI=1S/C39H49N3O8/c1-7-48-35(43)20-21-47-24-34(25(2)3)41-36(44)33(42-38(46)50-39(4,5)6)22-26-16-18-27(19-17-26)40-37(45)49-23-32-30-14-10-8-12-28(30)29-13-9-11-15-31(29)32/h8-19,25,32-34H,7,20-24H2,1-6H3,(H,40,45)(H,41,44)(H,42,46)/t33-,34+/m1/s1. The minimum atomic E-state index is -0.966. The molecule has 0 aliphatic heterocycles. The Bertz CT molecular complexity index is 1570. The summed E-state index contributed by atoms with van der Waals surface area (Å²) < 4.78 is 21.7. The third-order valence-corrected chi connectivity index (χ3v) is 8.18. The Kier molecular flexibility index (Phi) is 13.4. The number of rotatable bonds is 15. The summed E-state index contributed by atoms with van der Waals surface area (Å²) in [4.78, 5) is 50.7. The summed E-state index contributed by atoms with van der Waals surface area (Å²) in [6.07, 6.45) is -1.03. The van der Waals surface area contributed by atoms with Crippen LogP contribution in [0.5, 0.6) is 0 Å². The first kappa shape index (κ1) is 37.9. The highest BCUT2D eigenvalue weighted by molar-refractivity contribution is 5.87. The van der Waals surface area contributed by atoms with E-state index in [0.717, 1.165) is 27.8 Å². The smallest absolute Gasteiger partial charge is 0.411 e. The molecular weight excluding hydrogens is 638 g/mol. The molecule has 0 spiro atoms. The summed E-state index contributed by atoms with van der Waals surface area (Å²) in [5.74, 6) is -0.808. The van der Waals surface area contributed by atoms with Crippen LogP contribution in [-0.4, -0.2) is 68.2 Å². The van der Waals surface area contributed by atoms with E-state index >= 15 is 0 Å². The molecule has 0 radical (unpaired) electrons. The van der Waals surface area contributed by atoms with E-state index in [1.165, 1.54) is 0 Å². The number of carbonyl (C=O) groups is 4. The Morgan fingerprint density at radius 3 is 2.00 bits per heavy atom. The highest BCUT2D eigenvalue weighted by atomic mass is 16.6. The normalized spacial score (nSPS) is 13.4. The third-order valence-electron chi connectivity index (χ3n) is 8.18. The van der Waals surface area contributed by atoms with Gasteiger partial charge in [-0.05, 0) is 73.6 Å². The number of hydrogen-bond donors (Lipinski definition) is 3. The average Bonchev–Trinajstić information content (AvgIpc) is 3.38. The molecule has 3 N–H and O–H groups in total. The van der Waals surface area contributed by atoms with Gasteiger partial charge in [0.2, 0.25) is 5.91 Å². The van der Waals surface area contributed by atoms with E-state index in [0.29, 0.717) is 12.3 Å². The number of nitrogens with one attached hydrogen (secondary N) is 3. The zero-order chi connectivity index (χ0) is 36.3. The molecule has 11 nitrogen and oxygen atoms in total. The van der Waals surface area contributed by atoms with Gasteiger partial charge in [0.05, 0.1) is 32.3 Å². The number of carbonyl (C=O) groups excluding carboxylic acids is 4. The molecule has 11 heteroatoms. The highest BCUT2D eigenvalue weighted by Crippen LogP contribution is 2.44. The summed E-state index contributed by atoms with van der Waals surface area (Å²) >= 11 is 0. The van der Waals surface area contributed by atoms with Gasteiger partial charge in [0, 0.05) is 18.0 Å². The first-order valence-electron chi connectivity index (χ1n) is 17.1. The van der Waals surface area contributed by atoms with Crippen LogP contribution in [0.25, 0.3) is 11.1 Å². The van der Waals surface area contributed by atoms with E-state index in [-0.39, 0.29) is 56.5 Å². The predicted molar refractivity (Wildman–Crippen MR) is 191 cm³/mol. The molecule has 2 atom stereocenters. The molecule has 3 aromatic carbocycles. The average molecular weight is 688 g/mol. The number of anilines is 1. The quantitative estimate of drug-likeness (QED) is 0.0923. The molecule has 268 valence electrons. The minimum Gasteiger partial charge on any atom is -0.466 e. The maximum atomic E-state index is 13.6. The van der Waals surface area contributed by atoms with Gasteiger partial charge in [0.15, 0.2) is 0 Å². The van der Waals surface area contributed by atoms with Gasteiger partial charge in [-0.3, -0.25) is 14.9 Å². The fraction of sp³-hybridized carbons (Fsp3) is 0.436. The minimum absolute atomic E-state index is 0.00647. The second-order valence-corrected chi connectivity index (χ2v) is 13.5. The van der Waals surface area contributed by atoms with Crippen LogP contribution >= 0.6 is 0 Å². The van der Waals surface area contributed by atoms with Gasteiger partial charge in [0.25, 0.3) is 0 Å². The van der Waals surface area contributed by atoms with Crippen LogP contribution in [0.2, 0.25) is 0 Å². The highest BCUT2D eigenvalue weighted by Gasteiger charge is 2.30. The summed E-state index contributed by atoms with van der Waals surface area (Å²) in [6.45, 7) is 11.7. The number of esters is 1. The molecular formula is C39H49N3O8. The second kappa shape index (κ2) is 17.7. The lowest BCUT2D eigenvalue weighted by molar-refractivity contribution is -0.144. The molecule has 3 aromatic rings. The zero-order valence-corrected chi connectivity index (χ0v) is 29.7. The molecule has 0 heterocycles. The Morgan fingerprint density at radius 2 is 1.42 bits per heavy atom. The van der Waals surface area contributed by atoms with Crippen molar-refractivity contribution in [3.05, 3.63) is 89.5 Å². The second-order valence-electron chi connectivity index (χ2n) is 13.5. The van der Waals surface area contributed by atoms with Crippen LogP contribution in [0.15, 0.2) is 72.8 Å². The van der Waals surface area contributed by atoms with Crippen molar-refractivity contribution in [3.63, 3.8) is 0 Å². The number of alkyl carbamates (subject to hydrolysis) is 1. The molecule has 3 amide bonds. The molecule has 1 aliphatic carbocycles. The molecule has 0 saturated heterocycles. The van der Waals surface area contributed by atoms with Crippen molar-refractivity contribution >= 4 is 29.8 Å². The first-order chi connectivity index (χ1) is 23.8. The molecule has 0 saturated carbocycles. The Balaban J connectivity index is 1.36. The van der Waals surface area contributed by atoms with E-state index < -0.39 is 29.7 Å². The van der Waals surface area contributed by atoms with E-state index in [1.54, 1.807) is 52.0 Å². The van der Waals surface area contributed by atoms with Crippen LogP contribution in [0.1, 0.15) is 70.6 Å². The monoisotopic (exact) mass is 687 g/mol. The lowest BCUT2D eigenvalue weighted by Crippen LogP contribution is -2.53. The van der Waals surface area contributed by atoms with Crippen LogP contribution < -0.4 is 16.0 Å². The van der Waals surface area contributed by atoms with Gasteiger partial charge in [-0.1, -0.05) is 74.5 Å². The fourth-order valence-corrected chi connectivity index (χ4v) is 5.65. The third kappa shape index (κ3) is 11.1. The fourth-order valence-electron chi connectivity index (χ4n) is 5.65. The van der Waals surface area contributed by atoms with Crippen LogP contribution in [0, 0.1) is 5.92 Å². The first-order valence-corrected chi connectivity index (χ1v) is 17.1. The molecule has 0 fully saturated rings. The van der Waals surface area contributed by atoms with Gasteiger partial charge >= 0.3 is 18.2 Å². The molecule has 0 aromatic heterocycles. The largest absolute Gasteiger partial charge is 0.466 e. The topological polar surface area (TPSA) is 141 Å². The molecule has 0 unspecified atom stereocenters. The van der Waals surface area contributed by atoms with Gasteiger partial charge in [-0.25, -0.2) is 9.59 Å².